The third-order valence-electron chi connectivity index (χ3n) is 3.03. The van der Waals surface area contributed by atoms with Crippen molar-refractivity contribution < 1.29 is 9.90 Å². The van der Waals surface area contributed by atoms with Gasteiger partial charge in [0.2, 0.25) is 0 Å². The van der Waals surface area contributed by atoms with Crippen molar-refractivity contribution in [3.05, 3.63) is 78.7 Å². The first-order valence-electron chi connectivity index (χ1n) is 7.01. The van der Waals surface area contributed by atoms with Gasteiger partial charge in [-0.05, 0) is 31.2 Å². The van der Waals surface area contributed by atoms with E-state index in [1.807, 2.05) is 31.2 Å². The number of nitrogens with zero attached hydrogens (tertiary/aromatic N) is 2. The fraction of sp³-hybridized carbons (Fsp3) is 0.111. The summed E-state index contributed by atoms with van der Waals surface area (Å²) in [6.45, 7) is 2.17. The first-order chi connectivity index (χ1) is 10.7. The molecule has 1 heterocycles. The van der Waals surface area contributed by atoms with Crippen LogP contribution in [0.1, 0.15) is 12.6 Å². The van der Waals surface area contributed by atoms with E-state index in [4.69, 9.17) is 0 Å². The summed E-state index contributed by atoms with van der Waals surface area (Å²) >= 11 is 0. The summed E-state index contributed by atoms with van der Waals surface area (Å²) in [4.78, 5) is 18.2. The largest absolute Gasteiger partial charge is 0.506 e. The Bertz CT molecular complexity index is 678. The SMILES string of the molecule is C/C=C/C=C/C(=O)N(Cc1ccccn1)c1ccccc1O. The Hall–Kier alpha value is -2.88. The van der Waals surface area contributed by atoms with E-state index in [2.05, 4.69) is 4.98 Å². The number of benzene rings is 1. The quantitative estimate of drug-likeness (QED) is 0.679. The first kappa shape index (κ1) is 15.5. The van der Waals surface area contributed by atoms with Gasteiger partial charge in [0.1, 0.15) is 5.75 Å². The number of phenols is 1. The number of carbonyl (C=O) groups is 1. The molecule has 0 aliphatic carbocycles. The molecule has 0 unspecified atom stereocenters. The van der Waals surface area contributed by atoms with E-state index in [0.717, 1.165) is 5.69 Å². The molecule has 0 atom stereocenters. The van der Waals surface area contributed by atoms with Crippen molar-refractivity contribution in [2.24, 2.45) is 0 Å². The maximum atomic E-state index is 12.4. The highest BCUT2D eigenvalue weighted by Gasteiger charge is 2.17. The van der Waals surface area contributed by atoms with Crippen molar-refractivity contribution in [1.82, 2.24) is 4.98 Å². The minimum absolute atomic E-state index is 0.0613. The average Bonchev–Trinajstić information content (AvgIpc) is 2.54. The Morgan fingerprint density at radius 1 is 1.18 bits per heavy atom. The summed E-state index contributed by atoms with van der Waals surface area (Å²) in [5.41, 5.74) is 1.21. The number of hydrogen-bond donors (Lipinski definition) is 1. The van der Waals surface area contributed by atoms with Crippen LogP contribution in [0.25, 0.3) is 0 Å². The Labute approximate surface area is 130 Å². The highest BCUT2D eigenvalue weighted by molar-refractivity contribution is 6.02. The number of allylic oxidation sites excluding steroid dienone is 3. The number of hydrogen-bond acceptors (Lipinski definition) is 3. The molecule has 0 saturated heterocycles. The summed E-state index contributed by atoms with van der Waals surface area (Å²) in [5, 5.41) is 10.0. The zero-order valence-corrected chi connectivity index (χ0v) is 12.4. The molecule has 1 aromatic carbocycles. The number of anilines is 1. The van der Waals surface area contributed by atoms with Gasteiger partial charge in [-0.15, -0.1) is 0 Å². The number of pyridine rings is 1. The lowest BCUT2D eigenvalue weighted by molar-refractivity contribution is -0.114. The van der Waals surface area contributed by atoms with Crippen LogP contribution in [-0.2, 0) is 11.3 Å². The van der Waals surface area contributed by atoms with Gasteiger partial charge < -0.3 is 5.11 Å². The fourth-order valence-electron chi connectivity index (χ4n) is 1.97. The van der Waals surface area contributed by atoms with Crippen LogP contribution in [0.2, 0.25) is 0 Å². The Kier molecular flexibility index (Phi) is 5.49. The molecule has 0 aliphatic heterocycles. The van der Waals surface area contributed by atoms with Crippen molar-refractivity contribution >= 4 is 11.6 Å². The zero-order chi connectivity index (χ0) is 15.8. The summed E-state index contributed by atoms with van der Waals surface area (Å²) in [5.74, 6) is -0.156. The fourth-order valence-corrected chi connectivity index (χ4v) is 1.97. The van der Waals surface area contributed by atoms with Crippen LogP contribution in [-0.4, -0.2) is 16.0 Å². The van der Waals surface area contributed by atoms with Gasteiger partial charge in [-0.2, -0.15) is 0 Å². The number of aromatic hydroxyl groups is 1. The molecule has 2 rings (SSSR count). The van der Waals surface area contributed by atoms with Gasteiger partial charge in [-0.25, -0.2) is 0 Å². The number of rotatable bonds is 5. The van der Waals surface area contributed by atoms with Gasteiger partial charge in [-0.1, -0.05) is 36.4 Å². The second-order valence-electron chi connectivity index (χ2n) is 4.62. The van der Waals surface area contributed by atoms with Crippen molar-refractivity contribution in [3.8, 4) is 5.75 Å². The molecule has 1 N–H and O–H groups in total. The molecular formula is C18H18N2O2. The van der Waals surface area contributed by atoms with E-state index >= 15 is 0 Å². The molecule has 1 amide bonds. The van der Waals surface area contributed by atoms with E-state index in [1.54, 1.807) is 42.6 Å². The first-order valence-corrected chi connectivity index (χ1v) is 7.01. The van der Waals surface area contributed by atoms with Crippen molar-refractivity contribution in [2.75, 3.05) is 4.90 Å². The van der Waals surface area contributed by atoms with E-state index in [1.165, 1.54) is 11.0 Å². The molecule has 22 heavy (non-hydrogen) atoms. The number of carbonyl (C=O) groups excluding carboxylic acids is 1. The predicted molar refractivity (Wildman–Crippen MR) is 87.5 cm³/mol. The third kappa shape index (κ3) is 4.06. The van der Waals surface area contributed by atoms with Gasteiger partial charge in [0.05, 0.1) is 17.9 Å². The monoisotopic (exact) mass is 294 g/mol. The van der Waals surface area contributed by atoms with Crippen molar-refractivity contribution in [3.63, 3.8) is 0 Å². The Morgan fingerprint density at radius 2 is 1.95 bits per heavy atom. The second-order valence-corrected chi connectivity index (χ2v) is 4.62. The van der Waals surface area contributed by atoms with Crippen molar-refractivity contribution in [1.29, 1.82) is 0 Å². The molecular weight excluding hydrogens is 276 g/mol. The summed E-state index contributed by atoms with van der Waals surface area (Å²) in [7, 11) is 0. The highest BCUT2D eigenvalue weighted by atomic mass is 16.3. The third-order valence-corrected chi connectivity index (χ3v) is 3.03. The number of phenolic OH excluding ortho intramolecular Hbond substituents is 1. The lowest BCUT2D eigenvalue weighted by Crippen LogP contribution is -2.29. The van der Waals surface area contributed by atoms with Crippen LogP contribution in [0.15, 0.2) is 73.0 Å². The zero-order valence-electron chi connectivity index (χ0n) is 12.4. The molecule has 2 aromatic rings. The summed E-state index contributed by atoms with van der Waals surface area (Å²) < 4.78 is 0. The van der Waals surface area contributed by atoms with E-state index in [9.17, 15) is 9.90 Å². The maximum absolute atomic E-state index is 12.4. The molecule has 0 radical (unpaired) electrons. The molecule has 4 nitrogen and oxygen atoms in total. The van der Waals surface area contributed by atoms with E-state index < -0.39 is 0 Å². The molecule has 4 heteroatoms. The second kappa shape index (κ2) is 7.78. The van der Waals surface area contributed by atoms with Gasteiger partial charge >= 0.3 is 0 Å². The number of amides is 1. The Balaban J connectivity index is 2.32. The lowest BCUT2D eigenvalue weighted by atomic mass is 10.2. The molecule has 0 bridgehead atoms. The van der Waals surface area contributed by atoms with E-state index in [0.29, 0.717) is 5.69 Å². The molecule has 0 spiro atoms. The van der Waals surface area contributed by atoms with Crippen LogP contribution in [0.5, 0.6) is 5.75 Å². The lowest BCUT2D eigenvalue weighted by Gasteiger charge is -2.22. The topological polar surface area (TPSA) is 53.4 Å². The molecule has 0 aliphatic rings. The highest BCUT2D eigenvalue weighted by Crippen LogP contribution is 2.27. The molecule has 112 valence electrons. The standard InChI is InChI=1S/C18H18N2O2/c1-2-3-4-12-18(22)20(14-15-9-7-8-13-19-15)16-10-5-6-11-17(16)21/h2-13,21H,14H2,1H3/b3-2+,12-4+. The van der Waals surface area contributed by atoms with E-state index in [-0.39, 0.29) is 18.2 Å². The maximum Gasteiger partial charge on any atom is 0.251 e. The molecule has 0 fully saturated rings. The molecule has 1 aromatic heterocycles. The van der Waals surface area contributed by atoms with Crippen LogP contribution in [0, 0.1) is 0 Å². The van der Waals surface area contributed by atoms with Crippen LogP contribution < -0.4 is 4.90 Å². The van der Waals surface area contributed by atoms with Crippen LogP contribution >= 0.6 is 0 Å². The average molecular weight is 294 g/mol. The minimum atomic E-state index is -0.217. The number of aromatic nitrogens is 1. The summed E-state index contributed by atoms with van der Waals surface area (Å²) in [6.07, 6.45) is 8.44. The number of para-hydroxylation sites is 2. The summed E-state index contributed by atoms with van der Waals surface area (Å²) in [6, 6.07) is 12.3. The van der Waals surface area contributed by atoms with Crippen LogP contribution in [0.3, 0.4) is 0 Å². The minimum Gasteiger partial charge on any atom is -0.506 e. The smallest absolute Gasteiger partial charge is 0.251 e. The van der Waals surface area contributed by atoms with Gasteiger partial charge in [-0.3, -0.25) is 14.7 Å². The van der Waals surface area contributed by atoms with Gasteiger partial charge in [0, 0.05) is 12.3 Å². The van der Waals surface area contributed by atoms with Gasteiger partial charge in [0.25, 0.3) is 5.91 Å². The van der Waals surface area contributed by atoms with Crippen LogP contribution in [0.4, 0.5) is 5.69 Å². The predicted octanol–water partition coefficient (Wildman–Crippen LogP) is 3.45. The van der Waals surface area contributed by atoms with Gasteiger partial charge in [0.15, 0.2) is 0 Å². The Morgan fingerprint density at radius 3 is 2.64 bits per heavy atom. The normalized spacial score (nSPS) is 11.1. The van der Waals surface area contributed by atoms with Crippen molar-refractivity contribution in [2.45, 2.75) is 13.5 Å². The molecule has 0 saturated carbocycles.